The van der Waals surface area contributed by atoms with E-state index < -0.39 is 5.82 Å². The van der Waals surface area contributed by atoms with Crippen LogP contribution in [0.3, 0.4) is 0 Å². The maximum Gasteiger partial charge on any atom is 0.253 e. The van der Waals surface area contributed by atoms with Crippen molar-refractivity contribution in [1.29, 1.82) is 0 Å². The van der Waals surface area contributed by atoms with Crippen LogP contribution in [0.2, 0.25) is 0 Å². The van der Waals surface area contributed by atoms with Crippen molar-refractivity contribution in [2.75, 3.05) is 13.1 Å². The largest absolute Gasteiger partial charge is 0.393 e. The van der Waals surface area contributed by atoms with E-state index in [1.54, 1.807) is 17.0 Å². The molecule has 0 bridgehead atoms. The fourth-order valence-electron chi connectivity index (χ4n) is 3.49. The maximum atomic E-state index is 13.3. The number of hydrogen-bond acceptors (Lipinski definition) is 2. The van der Waals surface area contributed by atoms with Gasteiger partial charge in [0.2, 0.25) is 0 Å². The van der Waals surface area contributed by atoms with Gasteiger partial charge in [-0.1, -0.05) is 36.4 Å². The summed E-state index contributed by atoms with van der Waals surface area (Å²) in [4.78, 5) is 14.2. The molecule has 1 aliphatic heterocycles. The molecule has 4 heteroatoms. The first-order chi connectivity index (χ1) is 12.1. The second-order valence-corrected chi connectivity index (χ2v) is 6.73. The average molecular weight is 341 g/mol. The number of benzene rings is 2. The SMILES string of the molecule is O=C(c1cccc(F)c1)N1CCC([C@@H](O)CCc2ccccc2)CC1. The Morgan fingerprint density at radius 1 is 1.12 bits per heavy atom. The number of likely N-dealkylation sites (tertiary alicyclic amines) is 1. The van der Waals surface area contributed by atoms with Gasteiger partial charge in [0.15, 0.2) is 0 Å². The zero-order valence-corrected chi connectivity index (χ0v) is 14.3. The predicted molar refractivity (Wildman–Crippen MR) is 95.8 cm³/mol. The zero-order chi connectivity index (χ0) is 17.6. The lowest BCUT2D eigenvalue weighted by Gasteiger charge is -2.34. The van der Waals surface area contributed by atoms with Crippen LogP contribution >= 0.6 is 0 Å². The normalized spacial score (nSPS) is 16.6. The number of amides is 1. The third kappa shape index (κ3) is 4.67. The van der Waals surface area contributed by atoms with Crippen molar-refractivity contribution in [2.45, 2.75) is 31.8 Å². The Hall–Kier alpha value is -2.20. The van der Waals surface area contributed by atoms with E-state index >= 15 is 0 Å². The number of aliphatic hydroxyl groups is 1. The smallest absolute Gasteiger partial charge is 0.253 e. The molecule has 132 valence electrons. The summed E-state index contributed by atoms with van der Waals surface area (Å²) in [6, 6.07) is 16.0. The zero-order valence-electron chi connectivity index (χ0n) is 14.3. The highest BCUT2D eigenvalue weighted by Crippen LogP contribution is 2.24. The second-order valence-electron chi connectivity index (χ2n) is 6.73. The molecule has 3 nitrogen and oxygen atoms in total. The highest BCUT2D eigenvalue weighted by molar-refractivity contribution is 5.94. The molecule has 0 aliphatic carbocycles. The standard InChI is InChI=1S/C21H24FNO2/c22-19-8-4-7-18(15-19)21(25)23-13-11-17(12-14-23)20(24)10-9-16-5-2-1-3-6-16/h1-8,15,17,20,24H,9-14H2/t20-/m0/s1. The Bertz CT molecular complexity index is 696. The minimum Gasteiger partial charge on any atom is -0.393 e. The van der Waals surface area contributed by atoms with Crippen molar-refractivity contribution < 1.29 is 14.3 Å². The third-order valence-corrected chi connectivity index (χ3v) is 5.01. The Kier molecular flexibility index (Phi) is 5.82. The molecule has 1 saturated heterocycles. The fraction of sp³-hybridized carbons (Fsp3) is 0.381. The van der Waals surface area contributed by atoms with E-state index in [4.69, 9.17) is 0 Å². The third-order valence-electron chi connectivity index (χ3n) is 5.01. The van der Waals surface area contributed by atoms with Crippen LogP contribution in [0.25, 0.3) is 0 Å². The molecule has 1 heterocycles. The Labute approximate surface area is 148 Å². The van der Waals surface area contributed by atoms with Crippen LogP contribution in [0.15, 0.2) is 54.6 Å². The quantitative estimate of drug-likeness (QED) is 0.901. The van der Waals surface area contributed by atoms with Crippen LogP contribution in [0.4, 0.5) is 4.39 Å². The summed E-state index contributed by atoms with van der Waals surface area (Å²) in [6.07, 6.45) is 2.84. The average Bonchev–Trinajstić information content (AvgIpc) is 2.66. The van der Waals surface area contributed by atoms with Crippen LogP contribution < -0.4 is 0 Å². The molecule has 1 amide bonds. The number of rotatable bonds is 5. The molecule has 25 heavy (non-hydrogen) atoms. The number of aryl methyl sites for hydroxylation is 1. The van der Waals surface area contributed by atoms with Gasteiger partial charge in [0.25, 0.3) is 5.91 Å². The summed E-state index contributed by atoms with van der Waals surface area (Å²) in [5.74, 6) is -0.297. The van der Waals surface area contributed by atoms with Crippen LogP contribution in [0.1, 0.15) is 35.2 Å². The minimum atomic E-state index is -0.392. The molecule has 0 unspecified atom stereocenters. The number of carbonyl (C=O) groups excluding carboxylic acids is 1. The van der Waals surface area contributed by atoms with E-state index in [0.29, 0.717) is 18.7 Å². The van der Waals surface area contributed by atoms with Crippen molar-refractivity contribution in [2.24, 2.45) is 5.92 Å². The van der Waals surface area contributed by atoms with E-state index in [1.165, 1.54) is 17.7 Å². The summed E-state index contributed by atoms with van der Waals surface area (Å²) in [6.45, 7) is 1.23. The molecule has 1 atom stereocenters. The monoisotopic (exact) mass is 341 g/mol. The molecule has 0 saturated carbocycles. The molecule has 2 aromatic carbocycles. The molecule has 3 rings (SSSR count). The summed E-state index contributed by atoms with van der Waals surface area (Å²) in [5.41, 5.74) is 1.63. The summed E-state index contributed by atoms with van der Waals surface area (Å²) < 4.78 is 13.3. The van der Waals surface area contributed by atoms with Crippen molar-refractivity contribution in [3.05, 3.63) is 71.5 Å². The molecular formula is C21H24FNO2. The lowest BCUT2D eigenvalue weighted by Crippen LogP contribution is -2.41. The van der Waals surface area contributed by atoms with Crippen molar-refractivity contribution in [1.82, 2.24) is 4.90 Å². The van der Waals surface area contributed by atoms with Crippen molar-refractivity contribution in [3.63, 3.8) is 0 Å². The Morgan fingerprint density at radius 3 is 2.52 bits per heavy atom. The lowest BCUT2D eigenvalue weighted by molar-refractivity contribution is 0.0436. The number of halogens is 1. The van der Waals surface area contributed by atoms with Gasteiger partial charge in [0.05, 0.1) is 6.10 Å². The molecule has 1 N–H and O–H groups in total. The maximum absolute atomic E-state index is 13.3. The number of carbonyl (C=O) groups is 1. The molecular weight excluding hydrogens is 317 g/mol. The molecule has 0 aromatic heterocycles. The van der Waals surface area contributed by atoms with E-state index in [1.807, 2.05) is 18.2 Å². The summed E-state index contributed by atoms with van der Waals surface area (Å²) >= 11 is 0. The topological polar surface area (TPSA) is 40.5 Å². The predicted octanol–water partition coefficient (Wildman–Crippen LogP) is 3.67. The van der Waals surface area contributed by atoms with Crippen molar-refractivity contribution in [3.8, 4) is 0 Å². The first-order valence-electron chi connectivity index (χ1n) is 8.90. The molecule has 1 aliphatic rings. The molecule has 2 aromatic rings. The first kappa shape index (κ1) is 17.6. The Morgan fingerprint density at radius 2 is 1.84 bits per heavy atom. The van der Waals surface area contributed by atoms with Gasteiger partial charge >= 0.3 is 0 Å². The highest BCUT2D eigenvalue weighted by atomic mass is 19.1. The van der Waals surface area contributed by atoms with E-state index in [-0.39, 0.29) is 17.9 Å². The molecule has 1 fully saturated rings. The van der Waals surface area contributed by atoms with Gasteiger partial charge in [-0.3, -0.25) is 4.79 Å². The fourth-order valence-corrected chi connectivity index (χ4v) is 3.49. The van der Waals surface area contributed by atoms with Crippen LogP contribution in [-0.4, -0.2) is 35.1 Å². The number of nitrogens with zero attached hydrogens (tertiary/aromatic N) is 1. The summed E-state index contributed by atoms with van der Waals surface area (Å²) in [5, 5.41) is 10.5. The van der Waals surface area contributed by atoms with Gasteiger partial charge in [0, 0.05) is 18.7 Å². The van der Waals surface area contributed by atoms with Crippen LogP contribution in [-0.2, 0) is 6.42 Å². The van der Waals surface area contributed by atoms with Gasteiger partial charge < -0.3 is 10.0 Å². The number of aliphatic hydroxyl groups excluding tert-OH is 1. The van der Waals surface area contributed by atoms with E-state index in [0.717, 1.165) is 25.7 Å². The minimum absolute atomic E-state index is 0.128. The van der Waals surface area contributed by atoms with E-state index in [2.05, 4.69) is 12.1 Å². The number of hydrogen-bond donors (Lipinski definition) is 1. The van der Waals surface area contributed by atoms with Gasteiger partial charge in [-0.2, -0.15) is 0 Å². The second kappa shape index (κ2) is 8.26. The first-order valence-corrected chi connectivity index (χ1v) is 8.90. The summed E-state index contributed by atoms with van der Waals surface area (Å²) in [7, 11) is 0. The number of piperidine rings is 1. The lowest BCUT2D eigenvalue weighted by atomic mass is 9.88. The molecule has 0 spiro atoms. The van der Waals surface area contributed by atoms with Gasteiger partial charge in [-0.15, -0.1) is 0 Å². The van der Waals surface area contributed by atoms with Gasteiger partial charge in [-0.05, 0) is 55.4 Å². The van der Waals surface area contributed by atoms with Crippen LogP contribution in [0, 0.1) is 11.7 Å². The highest BCUT2D eigenvalue weighted by Gasteiger charge is 2.27. The van der Waals surface area contributed by atoms with E-state index in [9.17, 15) is 14.3 Å². The Balaban J connectivity index is 1.48. The van der Waals surface area contributed by atoms with Crippen LogP contribution in [0.5, 0.6) is 0 Å². The van der Waals surface area contributed by atoms with Crippen molar-refractivity contribution >= 4 is 5.91 Å². The van der Waals surface area contributed by atoms with Gasteiger partial charge in [0.1, 0.15) is 5.82 Å². The van der Waals surface area contributed by atoms with Gasteiger partial charge in [-0.25, -0.2) is 4.39 Å². The molecule has 0 radical (unpaired) electrons.